The summed E-state index contributed by atoms with van der Waals surface area (Å²) < 4.78 is 61.7. The zero-order chi connectivity index (χ0) is 22.1. The summed E-state index contributed by atoms with van der Waals surface area (Å²) in [6, 6.07) is 2.96. The van der Waals surface area contributed by atoms with Gasteiger partial charge in [0, 0.05) is 19.7 Å². The van der Waals surface area contributed by atoms with Gasteiger partial charge < -0.3 is 10.2 Å². The Morgan fingerprint density at radius 3 is 2.76 bits per heavy atom. The second-order valence-electron chi connectivity index (χ2n) is 5.57. The molecule has 0 spiro atoms. The first-order valence-electron chi connectivity index (χ1n) is 11.2. The standard InChI is InChI=1S/C19H26O2/c1-5-6-14-10-17(20)19(18(21)11-14)16-9-13(4)7-8-15(16)12(2)3/h9-11,15-16,20-21H,2,5-8H2,1,3-4H3/t15-,16+/m0/s1/i2D2,3D3,4D3. The Labute approximate surface area is 139 Å². The molecule has 0 amide bonds. The molecule has 2 nitrogen and oxygen atoms in total. The number of benzene rings is 1. The van der Waals surface area contributed by atoms with Crippen molar-refractivity contribution in [1.82, 2.24) is 0 Å². The van der Waals surface area contributed by atoms with Gasteiger partial charge in [-0.25, -0.2) is 0 Å². The lowest BCUT2D eigenvalue weighted by Crippen LogP contribution is -2.17. The predicted molar refractivity (Wildman–Crippen MR) is 87.8 cm³/mol. The molecule has 1 aromatic carbocycles. The van der Waals surface area contributed by atoms with Crippen molar-refractivity contribution in [2.75, 3.05) is 0 Å². The van der Waals surface area contributed by atoms with Crippen molar-refractivity contribution in [3.8, 4) is 11.5 Å². The van der Waals surface area contributed by atoms with E-state index in [-0.39, 0.29) is 35.5 Å². The average molecular weight is 294 g/mol. The molecule has 0 bridgehead atoms. The first-order chi connectivity index (χ1) is 13.3. The van der Waals surface area contributed by atoms with E-state index in [4.69, 9.17) is 11.0 Å². The lowest BCUT2D eigenvalue weighted by molar-refractivity contribution is 0.406. The number of hydrogen-bond acceptors (Lipinski definition) is 2. The Morgan fingerprint density at radius 1 is 1.43 bits per heavy atom. The van der Waals surface area contributed by atoms with E-state index in [1.54, 1.807) is 0 Å². The maximum absolute atomic E-state index is 10.6. The van der Waals surface area contributed by atoms with E-state index in [2.05, 4.69) is 0 Å². The van der Waals surface area contributed by atoms with Crippen molar-refractivity contribution >= 4 is 0 Å². The first-order valence-corrected chi connectivity index (χ1v) is 7.21. The lowest BCUT2D eigenvalue weighted by atomic mass is 9.73. The van der Waals surface area contributed by atoms with Crippen LogP contribution in [0.2, 0.25) is 0 Å². The van der Waals surface area contributed by atoms with Gasteiger partial charge in [0.15, 0.2) is 0 Å². The van der Waals surface area contributed by atoms with Gasteiger partial charge in [-0.3, -0.25) is 0 Å². The second-order valence-corrected chi connectivity index (χ2v) is 5.57. The van der Waals surface area contributed by atoms with Crippen LogP contribution in [0, 0.1) is 5.92 Å². The van der Waals surface area contributed by atoms with E-state index < -0.39 is 37.6 Å². The molecule has 0 unspecified atom stereocenters. The average Bonchev–Trinajstić information content (AvgIpc) is 2.53. The van der Waals surface area contributed by atoms with E-state index in [9.17, 15) is 10.2 Å². The van der Waals surface area contributed by atoms with Crippen LogP contribution in [0.25, 0.3) is 0 Å². The molecule has 2 atom stereocenters. The molecule has 0 saturated heterocycles. The zero-order valence-corrected chi connectivity index (χ0v) is 12.1. The van der Waals surface area contributed by atoms with Gasteiger partial charge in [-0.2, -0.15) is 0 Å². The highest BCUT2D eigenvalue weighted by atomic mass is 16.3. The summed E-state index contributed by atoms with van der Waals surface area (Å²) in [5, 5.41) is 21.2. The molecule has 0 saturated carbocycles. The molecule has 21 heavy (non-hydrogen) atoms. The van der Waals surface area contributed by atoms with Gasteiger partial charge in [0.05, 0.1) is 2.74 Å². The predicted octanol–water partition coefficient (Wildman–Crippen LogP) is 5.07. The Bertz CT molecular complexity index is 793. The van der Waals surface area contributed by atoms with E-state index in [0.717, 1.165) is 6.42 Å². The number of allylic oxidation sites excluding steroid dienone is 3. The highest BCUT2D eigenvalue weighted by Crippen LogP contribution is 2.46. The topological polar surface area (TPSA) is 40.5 Å². The molecule has 114 valence electrons. The van der Waals surface area contributed by atoms with Crippen LogP contribution in [0.1, 0.15) is 67.9 Å². The third-order valence-electron chi connectivity index (χ3n) is 3.98. The van der Waals surface area contributed by atoms with Crippen LogP contribution in [0.3, 0.4) is 0 Å². The smallest absolute Gasteiger partial charge is 0.123 e. The number of phenols is 2. The maximum atomic E-state index is 10.6. The van der Waals surface area contributed by atoms with Gasteiger partial charge in [0.25, 0.3) is 0 Å². The van der Waals surface area contributed by atoms with E-state index in [1.165, 1.54) is 18.2 Å². The van der Waals surface area contributed by atoms with Crippen LogP contribution in [-0.4, -0.2) is 10.2 Å². The minimum Gasteiger partial charge on any atom is -0.507 e. The summed E-state index contributed by atoms with van der Waals surface area (Å²) in [4.78, 5) is 0. The molecule has 1 aliphatic carbocycles. The summed E-state index contributed by atoms with van der Waals surface area (Å²) in [6.07, 6.45) is 2.94. The van der Waals surface area contributed by atoms with Crippen LogP contribution in [0.15, 0.2) is 35.9 Å². The number of hydrogen-bond donors (Lipinski definition) is 2. The SMILES string of the molecule is [2H]C([2H])=C([C@@H]1CCC(C([2H])([2H])[2H])=C[C@H]1c1c(O)cc(CCC)cc1O)C([2H])([2H])[2H]. The normalized spacial score (nSPS) is 28.5. The highest BCUT2D eigenvalue weighted by Gasteiger charge is 2.29. The van der Waals surface area contributed by atoms with Crippen LogP contribution in [-0.2, 0) is 6.42 Å². The minimum absolute atomic E-state index is 0.0271. The quantitative estimate of drug-likeness (QED) is 0.761. The molecule has 0 aromatic heterocycles. The monoisotopic (exact) mass is 294 g/mol. The molecule has 2 N–H and O–H groups in total. The van der Waals surface area contributed by atoms with Crippen LogP contribution < -0.4 is 0 Å². The Kier molecular flexibility index (Phi) is 2.45. The molecular formula is C19H26O2. The summed E-state index contributed by atoms with van der Waals surface area (Å²) in [6.45, 7) is -4.03. The van der Waals surface area contributed by atoms with Crippen molar-refractivity contribution in [2.24, 2.45) is 5.92 Å². The van der Waals surface area contributed by atoms with E-state index >= 15 is 0 Å². The van der Waals surface area contributed by atoms with Crippen molar-refractivity contribution in [3.63, 3.8) is 0 Å². The molecule has 0 heterocycles. The number of aromatic hydroxyl groups is 2. The lowest BCUT2D eigenvalue weighted by Gasteiger charge is -2.31. The van der Waals surface area contributed by atoms with Crippen molar-refractivity contribution in [3.05, 3.63) is 47.0 Å². The number of rotatable bonds is 4. The Hall–Kier alpha value is -1.70. The third-order valence-corrected chi connectivity index (χ3v) is 3.98. The van der Waals surface area contributed by atoms with Crippen molar-refractivity contribution < 1.29 is 21.2 Å². The van der Waals surface area contributed by atoms with Crippen molar-refractivity contribution in [2.45, 2.75) is 52.2 Å². The third kappa shape index (κ3) is 3.31. The van der Waals surface area contributed by atoms with Gasteiger partial charge in [-0.1, -0.05) is 37.1 Å². The van der Waals surface area contributed by atoms with Gasteiger partial charge in [0.2, 0.25) is 0 Å². The van der Waals surface area contributed by atoms with Gasteiger partial charge in [-0.15, -0.1) is 0 Å². The van der Waals surface area contributed by atoms with Gasteiger partial charge in [-0.05, 0) is 56.6 Å². The maximum Gasteiger partial charge on any atom is 0.123 e. The Morgan fingerprint density at radius 2 is 2.19 bits per heavy atom. The number of aryl methyl sites for hydroxylation is 1. The summed E-state index contributed by atoms with van der Waals surface area (Å²) in [5.41, 5.74) is 0.433. The largest absolute Gasteiger partial charge is 0.507 e. The highest BCUT2D eigenvalue weighted by molar-refractivity contribution is 5.51. The van der Waals surface area contributed by atoms with Crippen LogP contribution in [0.5, 0.6) is 11.5 Å². The number of phenolic OH excluding ortho intramolecular Hbond substituents is 2. The van der Waals surface area contributed by atoms with Crippen molar-refractivity contribution in [1.29, 1.82) is 0 Å². The summed E-state index contributed by atoms with van der Waals surface area (Å²) in [5.74, 6) is -2.40. The first kappa shape index (κ1) is 8.07. The summed E-state index contributed by atoms with van der Waals surface area (Å²) >= 11 is 0. The summed E-state index contributed by atoms with van der Waals surface area (Å²) in [7, 11) is 0. The minimum atomic E-state index is -2.72. The molecule has 2 heteroatoms. The second kappa shape index (κ2) is 6.38. The van der Waals surface area contributed by atoms with Crippen LogP contribution >= 0.6 is 0 Å². The fourth-order valence-electron chi connectivity index (χ4n) is 2.97. The fourth-order valence-corrected chi connectivity index (χ4v) is 2.97. The Balaban J connectivity index is 2.71. The fraction of sp³-hybridized carbons (Fsp3) is 0.474. The van der Waals surface area contributed by atoms with Gasteiger partial charge >= 0.3 is 0 Å². The molecular weight excluding hydrogens is 260 g/mol. The van der Waals surface area contributed by atoms with E-state index in [0.29, 0.717) is 12.0 Å². The zero-order valence-electron chi connectivity index (χ0n) is 20.1. The van der Waals surface area contributed by atoms with Gasteiger partial charge in [0.1, 0.15) is 11.5 Å². The molecule has 0 radical (unpaired) electrons. The van der Waals surface area contributed by atoms with E-state index in [1.807, 2.05) is 6.92 Å². The molecule has 1 aliphatic rings. The van der Waals surface area contributed by atoms with Crippen LogP contribution in [0.4, 0.5) is 0 Å². The molecule has 0 aliphatic heterocycles. The molecule has 1 aromatic rings. The molecule has 0 fully saturated rings. The molecule has 2 rings (SSSR count).